The minimum Gasteiger partial charge on any atom is -0.506 e. The lowest BCUT2D eigenvalue weighted by Crippen LogP contribution is -2.44. The van der Waals surface area contributed by atoms with E-state index in [1.165, 1.54) is 18.2 Å². The molecule has 0 spiro atoms. The maximum Gasteiger partial charge on any atom is 0.262 e. The number of benzene rings is 2. The number of phenolic OH excluding ortho intramolecular Hbond substituents is 1. The van der Waals surface area contributed by atoms with Gasteiger partial charge in [-0.15, -0.1) is 0 Å². The summed E-state index contributed by atoms with van der Waals surface area (Å²) in [6, 6.07) is 9.23. The second kappa shape index (κ2) is 15.4. The van der Waals surface area contributed by atoms with E-state index in [1.54, 1.807) is 18.2 Å². The van der Waals surface area contributed by atoms with Crippen molar-refractivity contribution in [3.63, 3.8) is 0 Å². The van der Waals surface area contributed by atoms with Crippen LogP contribution in [0, 0.1) is 5.82 Å². The van der Waals surface area contributed by atoms with E-state index in [4.69, 9.17) is 4.74 Å². The Morgan fingerprint density at radius 1 is 1.23 bits per heavy atom. The number of phenols is 1. The monoisotopic (exact) mass is 546 g/mol. The number of hydrogen-bond acceptors (Lipinski definition) is 6. The van der Waals surface area contributed by atoms with E-state index in [1.807, 2.05) is 11.8 Å². The van der Waals surface area contributed by atoms with Crippen molar-refractivity contribution in [2.45, 2.75) is 64.7 Å². The van der Waals surface area contributed by atoms with E-state index in [0.29, 0.717) is 43.1 Å². The number of alkyl halides is 1. The normalized spacial score (nSPS) is 14.2. The van der Waals surface area contributed by atoms with Crippen molar-refractivity contribution in [1.29, 1.82) is 0 Å². The fourth-order valence-corrected chi connectivity index (χ4v) is 4.63. The van der Waals surface area contributed by atoms with Gasteiger partial charge in [0.1, 0.15) is 17.3 Å². The van der Waals surface area contributed by atoms with Gasteiger partial charge in [-0.1, -0.05) is 38.0 Å². The number of anilines is 1. The van der Waals surface area contributed by atoms with Crippen molar-refractivity contribution in [3.8, 4) is 11.5 Å². The maximum atomic E-state index is 14.4. The van der Waals surface area contributed by atoms with Crippen molar-refractivity contribution in [2.75, 3.05) is 38.1 Å². The molecule has 4 N–H and O–H groups in total. The van der Waals surface area contributed by atoms with Crippen LogP contribution in [0.3, 0.4) is 0 Å². The van der Waals surface area contributed by atoms with Crippen LogP contribution in [0.5, 0.6) is 11.5 Å². The number of fused-ring (bicyclic) bond motifs is 1. The van der Waals surface area contributed by atoms with Crippen LogP contribution in [0.1, 0.15) is 50.7 Å². The highest BCUT2D eigenvalue weighted by atomic mass is 19.1. The molecule has 0 aliphatic carbocycles. The number of amides is 2. The first-order valence-electron chi connectivity index (χ1n) is 13.7. The molecular formula is C29H40F2N4O4. The molecule has 214 valence electrons. The molecule has 0 saturated heterocycles. The fraction of sp³-hybridized carbons (Fsp3) is 0.517. The summed E-state index contributed by atoms with van der Waals surface area (Å²) in [5, 5.41) is 18.8. The number of nitrogens with one attached hydrogen (secondary N) is 3. The summed E-state index contributed by atoms with van der Waals surface area (Å²) in [7, 11) is 0. The molecule has 1 heterocycles. The number of carbonyl (C=O) groups is 2. The molecule has 39 heavy (non-hydrogen) atoms. The van der Waals surface area contributed by atoms with Gasteiger partial charge in [-0.2, -0.15) is 0 Å². The Labute approximate surface area is 229 Å². The molecule has 2 atom stereocenters. The first kappa shape index (κ1) is 30.3. The van der Waals surface area contributed by atoms with E-state index in [0.717, 1.165) is 24.8 Å². The van der Waals surface area contributed by atoms with Crippen LogP contribution in [-0.4, -0.2) is 66.9 Å². The summed E-state index contributed by atoms with van der Waals surface area (Å²) in [4.78, 5) is 26.5. The van der Waals surface area contributed by atoms with Gasteiger partial charge in [0, 0.05) is 38.5 Å². The number of halogens is 2. The van der Waals surface area contributed by atoms with Crippen molar-refractivity contribution < 1.29 is 28.2 Å². The lowest BCUT2D eigenvalue weighted by atomic mass is 10.1. The number of unbranched alkanes of at least 4 members (excludes halogenated alkanes) is 1. The zero-order valence-electron chi connectivity index (χ0n) is 22.8. The molecule has 1 aliphatic heterocycles. The highest BCUT2D eigenvalue weighted by Crippen LogP contribution is 2.39. The number of aromatic hydroxyl groups is 1. The van der Waals surface area contributed by atoms with Crippen molar-refractivity contribution in [3.05, 3.63) is 53.3 Å². The minimum absolute atomic E-state index is 0.0347. The van der Waals surface area contributed by atoms with Crippen molar-refractivity contribution >= 4 is 17.5 Å². The summed E-state index contributed by atoms with van der Waals surface area (Å²) in [6.07, 6.45) is 2.40. The summed E-state index contributed by atoms with van der Waals surface area (Å²) in [5.74, 6) is -0.295. The molecule has 2 unspecified atom stereocenters. The van der Waals surface area contributed by atoms with E-state index in [2.05, 4.69) is 22.9 Å². The Morgan fingerprint density at radius 2 is 2.05 bits per heavy atom. The van der Waals surface area contributed by atoms with Crippen molar-refractivity contribution in [2.24, 2.45) is 0 Å². The quantitative estimate of drug-likeness (QED) is 0.145. The van der Waals surface area contributed by atoms with Gasteiger partial charge < -0.3 is 25.4 Å². The zero-order valence-corrected chi connectivity index (χ0v) is 22.8. The Morgan fingerprint density at radius 3 is 2.82 bits per heavy atom. The maximum absolute atomic E-state index is 14.4. The molecule has 2 amide bonds. The van der Waals surface area contributed by atoms with Gasteiger partial charge in [0.25, 0.3) is 5.91 Å². The van der Waals surface area contributed by atoms with Gasteiger partial charge >= 0.3 is 0 Å². The largest absolute Gasteiger partial charge is 0.506 e. The second-order valence-electron chi connectivity index (χ2n) is 9.87. The first-order valence-corrected chi connectivity index (χ1v) is 13.7. The predicted octanol–water partition coefficient (Wildman–Crippen LogP) is 3.92. The Bertz CT molecular complexity index is 1100. The molecule has 8 nitrogen and oxygen atoms in total. The molecular weight excluding hydrogens is 506 g/mol. The zero-order chi connectivity index (χ0) is 28.2. The van der Waals surface area contributed by atoms with Crippen LogP contribution in [0.4, 0.5) is 14.5 Å². The predicted molar refractivity (Wildman–Crippen MR) is 147 cm³/mol. The van der Waals surface area contributed by atoms with E-state index < -0.39 is 12.1 Å². The molecule has 0 aromatic heterocycles. The van der Waals surface area contributed by atoms with Crippen LogP contribution in [0.15, 0.2) is 36.4 Å². The second-order valence-corrected chi connectivity index (χ2v) is 9.87. The summed E-state index contributed by atoms with van der Waals surface area (Å²) in [6.45, 7) is 5.98. The smallest absolute Gasteiger partial charge is 0.262 e. The molecule has 0 saturated carbocycles. The van der Waals surface area contributed by atoms with Crippen LogP contribution < -0.4 is 20.7 Å². The number of rotatable bonds is 16. The standard InChI is InChI=1S/C29H40F2N4O4/c1-3-4-6-20(2)35(27(38)12-14-33-25(31)18-21-7-5-8-23(30)17-21)16-15-32-13-11-22-9-10-24(36)28-29(22)39-19-26(37)34-28/h5,7-10,17,20,25,32-33,36H,3-4,6,11-16,18-19H2,1-2H3,(H,34,37). The molecule has 2 aromatic carbocycles. The van der Waals surface area contributed by atoms with E-state index >= 15 is 0 Å². The first-order chi connectivity index (χ1) is 18.8. The molecule has 1 aliphatic rings. The van der Waals surface area contributed by atoms with Gasteiger partial charge in [-0.25, -0.2) is 8.78 Å². The van der Waals surface area contributed by atoms with Crippen LogP contribution in [0.2, 0.25) is 0 Å². The molecule has 0 bridgehead atoms. The lowest BCUT2D eigenvalue weighted by molar-refractivity contribution is -0.133. The minimum atomic E-state index is -1.37. The van der Waals surface area contributed by atoms with Crippen molar-refractivity contribution in [1.82, 2.24) is 15.5 Å². The average Bonchev–Trinajstić information content (AvgIpc) is 2.90. The molecule has 0 radical (unpaired) electrons. The highest BCUT2D eigenvalue weighted by Gasteiger charge is 2.23. The third-order valence-corrected chi connectivity index (χ3v) is 6.77. The van der Waals surface area contributed by atoms with Crippen LogP contribution >= 0.6 is 0 Å². The SMILES string of the molecule is CCCCC(C)N(CCNCCc1ccc(O)c2c1OCC(=O)N2)C(=O)CCNC(F)Cc1cccc(F)c1. The Balaban J connectivity index is 1.45. The molecule has 3 rings (SSSR count). The third-order valence-electron chi connectivity index (χ3n) is 6.77. The third kappa shape index (κ3) is 9.47. The lowest BCUT2D eigenvalue weighted by Gasteiger charge is -2.30. The Kier molecular flexibility index (Phi) is 11.9. The van der Waals surface area contributed by atoms with Gasteiger partial charge in [0.15, 0.2) is 18.7 Å². The Hall–Kier alpha value is -3.24. The molecule has 10 heteroatoms. The number of nitrogens with zero attached hydrogens (tertiary/aromatic N) is 1. The highest BCUT2D eigenvalue weighted by molar-refractivity contribution is 5.97. The van der Waals surface area contributed by atoms with Crippen LogP contribution in [-0.2, 0) is 22.4 Å². The topological polar surface area (TPSA) is 103 Å². The fourth-order valence-electron chi connectivity index (χ4n) is 4.63. The molecule has 0 fully saturated rings. The van der Waals surface area contributed by atoms with Gasteiger partial charge in [0.2, 0.25) is 5.91 Å². The van der Waals surface area contributed by atoms with Gasteiger partial charge in [-0.3, -0.25) is 14.9 Å². The van der Waals surface area contributed by atoms with E-state index in [-0.39, 0.29) is 49.6 Å². The van der Waals surface area contributed by atoms with Gasteiger partial charge in [-0.05, 0) is 55.6 Å². The van der Waals surface area contributed by atoms with E-state index in [9.17, 15) is 23.5 Å². The summed E-state index contributed by atoms with van der Waals surface area (Å²) < 4.78 is 33.2. The number of ether oxygens (including phenoxy) is 1. The van der Waals surface area contributed by atoms with Crippen LogP contribution in [0.25, 0.3) is 0 Å². The summed E-state index contributed by atoms with van der Waals surface area (Å²) >= 11 is 0. The molecule has 2 aromatic rings. The number of carbonyl (C=O) groups excluding carboxylic acids is 2. The van der Waals surface area contributed by atoms with Gasteiger partial charge in [0.05, 0.1) is 0 Å². The summed E-state index contributed by atoms with van der Waals surface area (Å²) in [5.41, 5.74) is 1.72. The number of hydrogen-bond donors (Lipinski definition) is 4. The average molecular weight is 547 g/mol.